The van der Waals surface area contributed by atoms with E-state index in [4.69, 9.17) is 4.74 Å². The van der Waals surface area contributed by atoms with E-state index in [0.29, 0.717) is 6.61 Å². The number of benzene rings is 2. The predicted octanol–water partition coefficient (Wildman–Crippen LogP) is 4.82. The highest BCUT2D eigenvalue weighted by molar-refractivity contribution is 9.10. The summed E-state index contributed by atoms with van der Waals surface area (Å²) >= 11 is 3.40. The topological polar surface area (TPSA) is 29.5 Å². The number of ether oxygens (including phenoxy) is 1. The fourth-order valence-electron chi connectivity index (χ4n) is 2.03. The maximum absolute atomic E-state index is 9.25. The molecule has 2 nitrogen and oxygen atoms in total. The third-order valence-electron chi connectivity index (χ3n) is 3.41. The van der Waals surface area contributed by atoms with Crippen molar-refractivity contribution in [2.24, 2.45) is 0 Å². The van der Waals surface area contributed by atoms with Crippen LogP contribution in [0.2, 0.25) is 0 Å². The van der Waals surface area contributed by atoms with Crippen molar-refractivity contribution < 1.29 is 9.84 Å². The van der Waals surface area contributed by atoms with Crippen LogP contribution in [0.4, 0.5) is 0 Å². The normalized spacial score (nSPS) is 11.5. The third kappa shape index (κ3) is 4.32. The second-order valence-corrected chi connectivity index (χ2v) is 7.00. The van der Waals surface area contributed by atoms with E-state index in [1.807, 2.05) is 18.2 Å². The van der Waals surface area contributed by atoms with Gasteiger partial charge in [0.05, 0.1) is 6.61 Å². The molecular formula is C18H21BrO2. The molecule has 0 radical (unpaired) electrons. The molecule has 0 aliphatic carbocycles. The molecule has 0 aromatic heterocycles. The first kappa shape index (κ1) is 16.1. The van der Waals surface area contributed by atoms with Gasteiger partial charge in [-0.1, -0.05) is 61.0 Å². The van der Waals surface area contributed by atoms with E-state index in [-0.39, 0.29) is 12.0 Å². The summed E-state index contributed by atoms with van der Waals surface area (Å²) in [7, 11) is 0. The highest BCUT2D eigenvalue weighted by atomic mass is 79.9. The second-order valence-electron chi connectivity index (χ2n) is 6.15. The molecule has 0 aliphatic heterocycles. The quantitative estimate of drug-likeness (QED) is 0.858. The molecule has 2 aromatic carbocycles. The van der Waals surface area contributed by atoms with E-state index in [2.05, 4.69) is 61.0 Å². The van der Waals surface area contributed by atoms with Gasteiger partial charge in [0.2, 0.25) is 0 Å². The van der Waals surface area contributed by atoms with Crippen LogP contribution >= 0.6 is 15.9 Å². The lowest BCUT2D eigenvalue weighted by Gasteiger charge is -2.19. The summed E-state index contributed by atoms with van der Waals surface area (Å²) < 4.78 is 6.68. The van der Waals surface area contributed by atoms with Crippen molar-refractivity contribution in [2.45, 2.75) is 39.4 Å². The van der Waals surface area contributed by atoms with Gasteiger partial charge in [0, 0.05) is 4.47 Å². The molecule has 112 valence electrons. The zero-order valence-corrected chi connectivity index (χ0v) is 14.3. The van der Waals surface area contributed by atoms with Crippen molar-refractivity contribution in [2.75, 3.05) is 0 Å². The summed E-state index contributed by atoms with van der Waals surface area (Å²) in [6, 6.07) is 14.2. The van der Waals surface area contributed by atoms with Crippen LogP contribution in [0.5, 0.6) is 5.75 Å². The van der Waals surface area contributed by atoms with Crippen LogP contribution in [0.25, 0.3) is 0 Å². The number of hydrogen-bond acceptors (Lipinski definition) is 2. The van der Waals surface area contributed by atoms with Gasteiger partial charge in [-0.05, 0) is 40.3 Å². The molecule has 0 unspecified atom stereocenters. The number of aliphatic hydroxyl groups excluding tert-OH is 1. The lowest BCUT2D eigenvalue weighted by atomic mass is 9.87. The largest absolute Gasteiger partial charge is 0.489 e. The van der Waals surface area contributed by atoms with Crippen molar-refractivity contribution in [3.05, 3.63) is 63.6 Å². The molecule has 0 heterocycles. The van der Waals surface area contributed by atoms with E-state index < -0.39 is 0 Å². The first-order chi connectivity index (χ1) is 9.90. The molecule has 21 heavy (non-hydrogen) atoms. The Morgan fingerprint density at radius 2 is 1.71 bits per heavy atom. The minimum Gasteiger partial charge on any atom is -0.489 e. The zero-order valence-electron chi connectivity index (χ0n) is 12.7. The van der Waals surface area contributed by atoms with Gasteiger partial charge in [0.25, 0.3) is 0 Å². The lowest BCUT2D eigenvalue weighted by molar-refractivity contribution is 0.277. The Balaban J connectivity index is 2.03. The van der Waals surface area contributed by atoms with Gasteiger partial charge in [-0.15, -0.1) is 0 Å². The van der Waals surface area contributed by atoms with Crippen molar-refractivity contribution in [3.8, 4) is 5.75 Å². The highest BCUT2D eigenvalue weighted by Gasteiger charge is 2.12. The summed E-state index contributed by atoms with van der Waals surface area (Å²) in [6.07, 6.45) is 0. The molecule has 0 aliphatic rings. The number of rotatable bonds is 4. The molecule has 3 heteroatoms. The van der Waals surface area contributed by atoms with E-state index in [9.17, 15) is 5.11 Å². The summed E-state index contributed by atoms with van der Waals surface area (Å²) in [5.74, 6) is 0.766. The van der Waals surface area contributed by atoms with Crippen LogP contribution in [0.3, 0.4) is 0 Å². The van der Waals surface area contributed by atoms with Gasteiger partial charge in [0.15, 0.2) is 0 Å². The number of hydrogen-bond donors (Lipinski definition) is 1. The Hall–Kier alpha value is -1.32. The SMILES string of the molecule is CC(C)(C)c1ccc(COc2ccc(Br)c(CO)c2)cc1. The highest BCUT2D eigenvalue weighted by Crippen LogP contribution is 2.24. The molecule has 0 saturated carbocycles. The summed E-state index contributed by atoms with van der Waals surface area (Å²) in [6.45, 7) is 7.14. The van der Waals surface area contributed by atoms with Gasteiger partial charge in [-0.25, -0.2) is 0 Å². The van der Waals surface area contributed by atoms with Gasteiger partial charge in [-0.2, -0.15) is 0 Å². The van der Waals surface area contributed by atoms with Crippen LogP contribution < -0.4 is 4.74 Å². The van der Waals surface area contributed by atoms with Crippen LogP contribution in [-0.2, 0) is 18.6 Å². The van der Waals surface area contributed by atoms with Gasteiger partial charge in [-0.3, -0.25) is 0 Å². The Bertz CT molecular complexity index is 598. The molecule has 0 spiro atoms. The lowest BCUT2D eigenvalue weighted by Crippen LogP contribution is -2.10. The average Bonchev–Trinajstić information content (AvgIpc) is 2.46. The van der Waals surface area contributed by atoms with Gasteiger partial charge < -0.3 is 9.84 Å². The average molecular weight is 349 g/mol. The molecule has 0 bridgehead atoms. The van der Waals surface area contributed by atoms with E-state index in [0.717, 1.165) is 21.3 Å². The first-order valence-electron chi connectivity index (χ1n) is 7.01. The fraction of sp³-hybridized carbons (Fsp3) is 0.333. The molecule has 0 fully saturated rings. The Kier molecular flexibility index (Phi) is 5.07. The number of aliphatic hydroxyl groups is 1. The predicted molar refractivity (Wildman–Crippen MR) is 89.5 cm³/mol. The maximum atomic E-state index is 9.25. The molecule has 2 aromatic rings. The van der Waals surface area contributed by atoms with Crippen LogP contribution in [-0.4, -0.2) is 5.11 Å². The second kappa shape index (κ2) is 6.63. The minimum atomic E-state index is -0.00192. The smallest absolute Gasteiger partial charge is 0.120 e. The molecule has 0 amide bonds. The molecule has 2 rings (SSSR count). The Morgan fingerprint density at radius 1 is 1.05 bits per heavy atom. The summed E-state index contributed by atoms with van der Waals surface area (Å²) in [5.41, 5.74) is 3.45. The van der Waals surface area contributed by atoms with Gasteiger partial charge >= 0.3 is 0 Å². The molecular weight excluding hydrogens is 328 g/mol. The maximum Gasteiger partial charge on any atom is 0.120 e. The van der Waals surface area contributed by atoms with Gasteiger partial charge in [0.1, 0.15) is 12.4 Å². The molecule has 0 saturated heterocycles. The van der Waals surface area contributed by atoms with Crippen molar-refractivity contribution >= 4 is 15.9 Å². The molecule has 0 atom stereocenters. The van der Waals surface area contributed by atoms with Crippen molar-refractivity contribution in [3.63, 3.8) is 0 Å². The Labute approximate surface area is 134 Å². The number of halogens is 1. The van der Waals surface area contributed by atoms with E-state index >= 15 is 0 Å². The van der Waals surface area contributed by atoms with Crippen LogP contribution in [0.1, 0.15) is 37.5 Å². The van der Waals surface area contributed by atoms with E-state index in [1.54, 1.807) is 0 Å². The summed E-state index contributed by atoms with van der Waals surface area (Å²) in [4.78, 5) is 0. The van der Waals surface area contributed by atoms with Crippen molar-refractivity contribution in [1.82, 2.24) is 0 Å². The third-order valence-corrected chi connectivity index (χ3v) is 4.19. The van der Waals surface area contributed by atoms with Crippen molar-refractivity contribution in [1.29, 1.82) is 0 Å². The summed E-state index contributed by atoms with van der Waals surface area (Å²) in [5, 5.41) is 9.25. The monoisotopic (exact) mass is 348 g/mol. The molecule has 1 N–H and O–H groups in total. The zero-order chi connectivity index (χ0) is 15.5. The fourth-order valence-corrected chi connectivity index (χ4v) is 2.40. The first-order valence-corrected chi connectivity index (χ1v) is 7.81. The van der Waals surface area contributed by atoms with Crippen LogP contribution in [0.15, 0.2) is 46.9 Å². The Morgan fingerprint density at radius 3 is 2.29 bits per heavy atom. The van der Waals surface area contributed by atoms with Crippen LogP contribution in [0, 0.1) is 0 Å². The standard InChI is InChI=1S/C18H21BrO2/c1-18(2,3)15-6-4-13(5-7-15)12-21-16-8-9-17(19)14(10-16)11-20/h4-10,20H,11-12H2,1-3H3. The van der Waals surface area contributed by atoms with E-state index in [1.165, 1.54) is 5.56 Å². The minimum absolute atomic E-state index is 0.00192.